The maximum Gasteiger partial charge on any atom is 0.472 e. The highest BCUT2D eigenvalue weighted by molar-refractivity contribution is 7.47. The SMILES string of the molecule is CCCCCCCCCCCCCCCCCCCCC(=O)O[C@H](COC(=O)CCCCCCCCCCCCCCCCCC)COP(=O)(O)OC[C@@H](O)COP(=O)(O)OC[C@@H](COC(=O)CCCCCCCCCCCCC)OC(=O)CCCCCCCCCCCCCC(C)C. The molecule has 0 rings (SSSR count). The Bertz CT molecular complexity index is 1890. The second-order valence-electron chi connectivity index (χ2n) is 29.3. The molecular formula is C80H156O17P2. The first-order valence-corrected chi connectivity index (χ1v) is 44.6. The van der Waals surface area contributed by atoms with E-state index in [-0.39, 0.29) is 25.7 Å². The van der Waals surface area contributed by atoms with Crippen molar-refractivity contribution < 1.29 is 80.2 Å². The Morgan fingerprint density at radius 3 is 0.687 bits per heavy atom. The van der Waals surface area contributed by atoms with E-state index in [9.17, 15) is 43.2 Å². The summed E-state index contributed by atoms with van der Waals surface area (Å²) in [6.45, 7) is 7.33. The minimum atomic E-state index is -4.96. The number of aliphatic hydroxyl groups is 1. The molecule has 0 amide bonds. The van der Waals surface area contributed by atoms with Gasteiger partial charge in [-0.25, -0.2) is 9.13 Å². The summed E-state index contributed by atoms with van der Waals surface area (Å²) in [5.41, 5.74) is 0. The number of phosphoric ester groups is 2. The van der Waals surface area contributed by atoms with Gasteiger partial charge in [0, 0.05) is 25.7 Å². The second kappa shape index (κ2) is 73.0. The van der Waals surface area contributed by atoms with Crippen molar-refractivity contribution in [2.75, 3.05) is 39.6 Å². The number of esters is 4. The highest BCUT2D eigenvalue weighted by Crippen LogP contribution is 2.45. The van der Waals surface area contributed by atoms with Crippen LogP contribution in [0.25, 0.3) is 0 Å². The Morgan fingerprint density at radius 2 is 0.465 bits per heavy atom. The van der Waals surface area contributed by atoms with Gasteiger partial charge in [-0.2, -0.15) is 0 Å². The molecule has 5 atom stereocenters. The van der Waals surface area contributed by atoms with Gasteiger partial charge in [0.05, 0.1) is 26.4 Å². The highest BCUT2D eigenvalue weighted by atomic mass is 31.2. The summed E-state index contributed by atoms with van der Waals surface area (Å²) >= 11 is 0. The number of phosphoric acid groups is 2. The molecule has 0 aliphatic heterocycles. The molecule has 0 aromatic rings. The number of hydrogen-bond acceptors (Lipinski definition) is 15. The second-order valence-corrected chi connectivity index (χ2v) is 32.2. The van der Waals surface area contributed by atoms with Crippen molar-refractivity contribution in [2.24, 2.45) is 5.92 Å². The van der Waals surface area contributed by atoms with Crippen LogP contribution in [0.1, 0.15) is 426 Å². The zero-order valence-corrected chi connectivity index (χ0v) is 66.4. The number of unbranched alkanes of at least 4 members (excludes halogenated alkanes) is 52. The fraction of sp³-hybridized carbons (Fsp3) is 0.950. The van der Waals surface area contributed by atoms with Crippen molar-refractivity contribution in [1.29, 1.82) is 0 Å². The lowest BCUT2D eigenvalue weighted by Crippen LogP contribution is -2.30. The summed E-state index contributed by atoms with van der Waals surface area (Å²) < 4.78 is 68.7. The molecule has 0 aliphatic carbocycles. The number of ether oxygens (including phenoxy) is 4. The molecule has 19 heteroatoms. The van der Waals surface area contributed by atoms with Gasteiger partial charge in [0.2, 0.25) is 0 Å². The summed E-state index contributed by atoms with van der Waals surface area (Å²) in [4.78, 5) is 73.0. The average Bonchev–Trinajstić information content (AvgIpc) is 1.03. The molecule has 0 radical (unpaired) electrons. The van der Waals surface area contributed by atoms with Gasteiger partial charge in [-0.05, 0) is 31.6 Å². The molecule has 3 N–H and O–H groups in total. The van der Waals surface area contributed by atoms with Crippen molar-refractivity contribution in [3.8, 4) is 0 Å². The Morgan fingerprint density at radius 1 is 0.273 bits per heavy atom. The van der Waals surface area contributed by atoms with Crippen LogP contribution in [0.3, 0.4) is 0 Å². The summed E-state index contributed by atoms with van der Waals surface area (Å²) in [6.07, 6.45) is 63.7. The lowest BCUT2D eigenvalue weighted by Gasteiger charge is -2.21. The summed E-state index contributed by atoms with van der Waals surface area (Å²) in [5, 5.41) is 10.6. The first kappa shape index (κ1) is 97.1. The molecular weight excluding hydrogens is 1290 g/mol. The smallest absolute Gasteiger partial charge is 0.462 e. The van der Waals surface area contributed by atoms with Gasteiger partial charge in [-0.3, -0.25) is 37.3 Å². The molecule has 0 fully saturated rings. The van der Waals surface area contributed by atoms with E-state index in [1.165, 1.54) is 250 Å². The quantitative estimate of drug-likeness (QED) is 0.0222. The van der Waals surface area contributed by atoms with Crippen LogP contribution in [-0.4, -0.2) is 96.7 Å². The van der Waals surface area contributed by atoms with Gasteiger partial charge in [-0.15, -0.1) is 0 Å². The minimum absolute atomic E-state index is 0.107. The van der Waals surface area contributed by atoms with Crippen LogP contribution >= 0.6 is 15.6 Å². The van der Waals surface area contributed by atoms with E-state index >= 15 is 0 Å². The molecule has 0 aliphatic rings. The molecule has 0 saturated heterocycles. The monoisotopic (exact) mass is 1450 g/mol. The third kappa shape index (κ3) is 74.1. The van der Waals surface area contributed by atoms with E-state index in [1.54, 1.807) is 0 Å². The predicted molar refractivity (Wildman–Crippen MR) is 405 cm³/mol. The van der Waals surface area contributed by atoms with Gasteiger partial charge in [-0.1, -0.05) is 375 Å². The van der Waals surface area contributed by atoms with E-state index in [0.717, 1.165) is 95.8 Å². The zero-order chi connectivity index (χ0) is 72.7. The molecule has 0 bridgehead atoms. The summed E-state index contributed by atoms with van der Waals surface area (Å²) in [6, 6.07) is 0. The minimum Gasteiger partial charge on any atom is -0.462 e. The Kier molecular flexibility index (Phi) is 71.6. The van der Waals surface area contributed by atoms with Gasteiger partial charge in [0.15, 0.2) is 12.2 Å². The maximum absolute atomic E-state index is 13.1. The first-order chi connectivity index (χ1) is 48.0. The first-order valence-electron chi connectivity index (χ1n) is 41.6. The number of aliphatic hydroxyl groups excluding tert-OH is 1. The van der Waals surface area contributed by atoms with E-state index in [2.05, 4.69) is 34.6 Å². The molecule has 588 valence electrons. The van der Waals surface area contributed by atoms with Gasteiger partial charge in [0.1, 0.15) is 19.3 Å². The number of hydrogen-bond donors (Lipinski definition) is 3. The largest absolute Gasteiger partial charge is 0.472 e. The summed E-state index contributed by atoms with van der Waals surface area (Å²) in [5.74, 6) is -1.34. The van der Waals surface area contributed by atoms with Crippen LogP contribution in [-0.2, 0) is 65.4 Å². The van der Waals surface area contributed by atoms with Crippen LogP contribution in [0.4, 0.5) is 0 Å². The molecule has 2 unspecified atom stereocenters. The van der Waals surface area contributed by atoms with Gasteiger partial charge in [0.25, 0.3) is 0 Å². The Labute approximate surface area is 607 Å². The fourth-order valence-corrected chi connectivity index (χ4v) is 14.0. The van der Waals surface area contributed by atoms with Gasteiger partial charge < -0.3 is 33.8 Å². The molecule has 0 aromatic carbocycles. The van der Waals surface area contributed by atoms with E-state index in [1.807, 2.05) is 0 Å². The average molecular weight is 1450 g/mol. The molecule has 0 spiro atoms. The fourth-order valence-electron chi connectivity index (χ4n) is 12.4. The van der Waals surface area contributed by atoms with Crippen LogP contribution in [0.15, 0.2) is 0 Å². The predicted octanol–water partition coefficient (Wildman–Crippen LogP) is 24.0. The zero-order valence-electron chi connectivity index (χ0n) is 64.6. The summed E-state index contributed by atoms with van der Waals surface area (Å²) in [7, 11) is -9.92. The van der Waals surface area contributed by atoms with Crippen molar-refractivity contribution in [3.05, 3.63) is 0 Å². The van der Waals surface area contributed by atoms with Gasteiger partial charge >= 0.3 is 39.5 Å². The van der Waals surface area contributed by atoms with E-state index in [0.29, 0.717) is 25.7 Å². The van der Waals surface area contributed by atoms with Crippen molar-refractivity contribution in [2.45, 2.75) is 445 Å². The molecule has 0 aromatic heterocycles. The third-order valence-electron chi connectivity index (χ3n) is 18.8. The normalized spacial score (nSPS) is 13.9. The van der Waals surface area contributed by atoms with Crippen molar-refractivity contribution in [3.63, 3.8) is 0 Å². The third-order valence-corrected chi connectivity index (χ3v) is 20.7. The Hall–Kier alpha value is -1.94. The molecule has 0 saturated carbocycles. The van der Waals surface area contributed by atoms with Crippen molar-refractivity contribution >= 4 is 39.5 Å². The Balaban J connectivity index is 5.25. The lowest BCUT2D eigenvalue weighted by atomic mass is 10.0. The number of carbonyl (C=O) groups is 4. The molecule has 0 heterocycles. The van der Waals surface area contributed by atoms with E-state index < -0.39 is 97.5 Å². The lowest BCUT2D eigenvalue weighted by molar-refractivity contribution is -0.161. The highest BCUT2D eigenvalue weighted by Gasteiger charge is 2.30. The molecule has 99 heavy (non-hydrogen) atoms. The van der Waals surface area contributed by atoms with Crippen LogP contribution < -0.4 is 0 Å². The van der Waals surface area contributed by atoms with Crippen molar-refractivity contribution in [1.82, 2.24) is 0 Å². The topological polar surface area (TPSA) is 237 Å². The number of carbonyl (C=O) groups excluding carboxylic acids is 4. The van der Waals surface area contributed by atoms with Crippen LogP contribution in [0, 0.1) is 5.92 Å². The standard InChI is InChI=1S/C80H156O17P2/c1-6-9-12-15-18-21-24-26-28-30-31-33-35-40-45-50-55-60-65-79(84)96-76(70-91-78(83)64-59-54-49-44-39-34-32-29-27-25-22-19-16-13-10-7-2)72-95-99(88,89)93-68-74(81)67-92-98(86,87)94-71-75(69-90-77(82)63-58-53-48-43-37-23-20-17-14-11-8-3)97-80(85)66-61-56-51-46-41-36-38-42-47-52-57-62-73(4)5/h73-76,81H,6-72H2,1-5H3,(H,86,87)(H,88,89)/t74-,75+,76+/m0/s1. The van der Waals surface area contributed by atoms with Crippen LogP contribution in [0.5, 0.6) is 0 Å². The maximum atomic E-state index is 13.1. The van der Waals surface area contributed by atoms with E-state index in [4.69, 9.17) is 37.0 Å². The molecule has 17 nitrogen and oxygen atoms in total. The number of rotatable bonds is 80. The van der Waals surface area contributed by atoms with Crippen LogP contribution in [0.2, 0.25) is 0 Å².